The largest absolute Gasteiger partial charge is 0.387 e. The Hall–Kier alpha value is -2.23. The molecule has 2 unspecified atom stereocenters. The first-order valence-corrected chi connectivity index (χ1v) is 7.06. The fraction of sp³-hybridized carbons (Fsp3) is 0.167. The van der Waals surface area contributed by atoms with E-state index in [1.807, 2.05) is 60.7 Å². The zero-order chi connectivity index (χ0) is 14.7. The van der Waals surface area contributed by atoms with E-state index in [1.54, 1.807) is 6.20 Å². The van der Waals surface area contributed by atoms with E-state index in [0.29, 0.717) is 6.42 Å². The van der Waals surface area contributed by atoms with Crippen molar-refractivity contribution in [3.63, 3.8) is 0 Å². The van der Waals surface area contributed by atoms with Crippen LogP contribution in [0, 0.1) is 0 Å². The van der Waals surface area contributed by atoms with Gasteiger partial charge in [0.1, 0.15) is 0 Å². The Morgan fingerprint density at radius 2 is 1.81 bits per heavy atom. The number of pyridine rings is 1. The molecule has 0 amide bonds. The summed E-state index contributed by atoms with van der Waals surface area (Å²) in [5.74, 6) is 0. The lowest BCUT2D eigenvalue weighted by atomic mass is 9.96. The van der Waals surface area contributed by atoms with Crippen molar-refractivity contribution >= 4 is 10.9 Å². The van der Waals surface area contributed by atoms with E-state index in [1.165, 1.54) is 0 Å². The van der Waals surface area contributed by atoms with Crippen LogP contribution in [0.4, 0.5) is 0 Å². The van der Waals surface area contributed by atoms with Gasteiger partial charge in [-0.1, -0.05) is 42.5 Å². The molecule has 0 radical (unpaired) electrons. The summed E-state index contributed by atoms with van der Waals surface area (Å²) in [4.78, 5) is 4.28. The number of nitrogens with zero attached hydrogens (tertiary/aromatic N) is 1. The van der Waals surface area contributed by atoms with Crippen molar-refractivity contribution in [2.45, 2.75) is 18.6 Å². The van der Waals surface area contributed by atoms with Gasteiger partial charge in [-0.2, -0.15) is 0 Å². The van der Waals surface area contributed by atoms with Crippen LogP contribution >= 0.6 is 0 Å². The van der Waals surface area contributed by atoms with E-state index in [9.17, 15) is 5.11 Å². The predicted octanol–water partition coefficient (Wildman–Crippen LogP) is 2.84. The summed E-state index contributed by atoms with van der Waals surface area (Å²) in [6.07, 6.45) is 1.72. The number of rotatable bonds is 4. The molecule has 3 heteroatoms. The molecule has 3 aromatic rings. The van der Waals surface area contributed by atoms with Crippen LogP contribution in [0.25, 0.3) is 10.9 Å². The predicted molar refractivity (Wildman–Crippen MR) is 84.8 cm³/mol. The molecule has 2 atom stereocenters. The molecule has 0 saturated carbocycles. The van der Waals surface area contributed by atoms with Crippen molar-refractivity contribution < 1.29 is 5.11 Å². The maximum absolute atomic E-state index is 10.5. The molecule has 3 nitrogen and oxygen atoms in total. The molecule has 2 aromatic carbocycles. The monoisotopic (exact) mass is 278 g/mol. The number of fused-ring (bicyclic) bond motifs is 1. The van der Waals surface area contributed by atoms with Gasteiger partial charge in [0, 0.05) is 17.6 Å². The molecule has 0 bridgehead atoms. The van der Waals surface area contributed by atoms with Gasteiger partial charge in [-0.3, -0.25) is 4.98 Å². The van der Waals surface area contributed by atoms with E-state index >= 15 is 0 Å². The van der Waals surface area contributed by atoms with E-state index in [-0.39, 0.29) is 6.04 Å². The van der Waals surface area contributed by atoms with Crippen LogP contribution in [-0.2, 0) is 6.42 Å². The lowest BCUT2D eigenvalue weighted by Gasteiger charge is -2.19. The Kier molecular flexibility index (Phi) is 3.95. The van der Waals surface area contributed by atoms with Gasteiger partial charge >= 0.3 is 0 Å². The SMILES string of the molecule is NC(Cc1ccccc1)C(O)c1ccc2ncccc2c1. The highest BCUT2D eigenvalue weighted by molar-refractivity contribution is 5.79. The minimum Gasteiger partial charge on any atom is -0.387 e. The lowest BCUT2D eigenvalue weighted by molar-refractivity contribution is 0.146. The van der Waals surface area contributed by atoms with Crippen LogP contribution < -0.4 is 5.73 Å². The van der Waals surface area contributed by atoms with Gasteiger partial charge in [0.15, 0.2) is 0 Å². The van der Waals surface area contributed by atoms with Crippen LogP contribution in [0.1, 0.15) is 17.2 Å². The van der Waals surface area contributed by atoms with Crippen molar-refractivity contribution in [2.75, 3.05) is 0 Å². The Morgan fingerprint density at radius 1 is 1.00 bits per heavy atom. The third-order valence-corrected chi connectivity index (χ3v) is 3.69. The third-order valence-electron chi connectivity index (χ3n) is 3.69. The van der Waals surface area contributed by atoms with Crippen LogP contribution in [0.3, 0.4) is 0 Å². The third kappa shape index (κ3) is 3.10. The number of hydrogen-bond acceptors (Lipinski definition) is 3. The van der Waals surface area contributed by atoms with Crippen molar-refractivity contribution in [1.29, 1.82) is 0 Å². The molecule has 0 aliphatic rings. The van der Waals surface area contributed by atoms with E-state index in [0.717, 1.165) is 22.0 Å². The molecule has 0 saturated heterocycles. The second kappa shape index (κ2) is 6.04. The Morgan fingerprint density at radius 3 is 2.62 bits per heavy atom. The molecule has 0 aliphatic carbocycles. The minimum atomic E-state index is -0.685. The standard InChI is InChI=1S/C18H18N2O/c19-16(11-13-5-2-1-3-6-13)18(21)15-8-9-17-14(12-15)7-4-10-20-17/h1-10,12,16,18,21H,11,19H2. The summed E-state index contributed by atoms with van der Waals surface area (Å²) in [5.41, 5.74) is 9.04. The van der Waals surface area contributed by atoms with Gasteiger partial charge in [-0.25, -0.2) is 0 Å². The van der Waals surface area contributed by atoms with Gasteiger partial charge in [0.2, 0.25) is 0 Å². The number of hydrogen-bond donors (Lipinski definition) is 2. The zero-order valence-electron chi connectivity index (χ0n) is 11.7. The van der Waals surface area contributed by atoms with Gasteiger partial charge in [0.25, 0.3) is 0 Å². The molecule has 0 aliphatic heterocycles. The Labute approximate surface area is 124 Å². The molecule has 0 fully saturated rings. The molecule has 1 heterocycles. The summed E-state index contributed by atoms with van der Waals surface area (Å²) in [7, 11) is 0. The number of aliphatic hydroxyl groups excluding tert-OH is 1. The average molecular weight is 278 g/mol. The summed E-state index contributed by atoms with van der Waals surface area (Å²) in [6.45, 7) is 0. The second-order valence-electron chi connectivity index (χ2n) is 5.25. The molecule has 106 valence electrons. The Balaban J connectivity index is 1.80. The Bertz CT molecular complexity index is 727. The lowest BCUT2D eigenvalue weighted by Crippen LogP contribution is -2.30. The van der Waals surface area contributed by atoms with Crippen LogP contribution in [-0.4, -0.2) is 16.1 Å². The van der Waals surface area contributed by atoms with Crippen molar-refractivity contribution in [3.05, 3.63) is 78.0 Å². The fourth-order valence-corrected chi connectivity index (χ4v) is 2.52. The normalized spacial score (nSPS) is 14.0. The summed E-state index contributed by atoms with van der Waals surface area (Å²) >= 11 is 0. The van der Waals surface area contributed by atoms with E-state index in [4.69, 9.17) is 5.73 Å². The van der Waals surface area contributed by atoms with Gasteiger partial charge in [0.05, 0.1) is 11.6 Å². The molecule has 1 aromatic heterocycles. The molecule has 0 spiro atoms. The maximum Gasteiger partial charge on any atom is 0.0944 e. The molecule has 3 N–H and O–H groups in total. The van der Waals surface area contributed by atoms with Gasteiger partial charge in [-0.05, 0) is 35.7 Å². The van der Waals surface area contributed by atoms with Gasteiger partial charge < -0.3 is 10.8 Å². The molecular formula is C18H18N2O. The first-order valence-electron chi connectivity index (χ1n) is 7.06. The molecule has 21 heavy (non-hydrogen) atoms. The quantitative estimate of drug-likeness (QED) is 0.771. The summed E-state index contributed by atoms with van der Waals surface area (Å²) in [6, 6.07) is 19.3. The highest BCUT2D eigenvalue weighted by atomic mass is 16.3. The van der Waals surface area contributed by atoms with Crippen molar-refractivity contribution in [2.24, 2.45) is 5.73 Å². The van der Waals surface area contributed by atoms with Crippen LogP contribution in [0.2, 0.25) is 0 Å². The minimum absolute atomic E-state index is 0.332. The average Bonchev–Trinajstić information content (AvgIpc) is 2.54. The smallest absolute Gasteiger partial charge is 0.0944 e. The molecule has 3 rings (SSSR count). The van der Waals surface area contributed by atoms with Gasteiger partial charge in [-0.15, -0.1) is 0 Å². The molecular weight excluding hydrogens is 260 g/mol. The number of nitrogens with two attached hydrogens (primary N) is 1. The maximum atomic E-state index is 10.5. The fourth-order valence-electron chi connectivity index (χ4n) is 2.52. The van der Waals surface area contributed by atoms with Crippen LogP contribution in [0.5, 0.6) is 0 Å². The van der Waals surface area contributed by atoms with Crippen LogP contribution in [0.15, 0.2) is 66.9 Å². The topological polar surface area (TPSA) is 59.1 Å². The van der Waals surface area contributed by atoms with E-state index in [2.05, 4.69) is 4.98 Å². The number of benzene rings is 2. The second-order valence-corrected chi connectivity index (χ2v) is 5.25. The summed E-state index contributed by atoms with van der Waals surface area (Å²) in [5, 5.41) is 11.5. The van der Waals surface area contributed by atoms with E-state index < -0.39 is 6.10 Å². The highest BCUT2D eigenvalue weighted by Gasteiger charge is 2.17. The highest BCUT2D eigenvalue weighted by Crippen LogP contribution is 2.22. The van der Waals surface area contributed by atoms with Crippen molar-refractivity contribution in [1.82, 2.24) is 4.98 Å². The summed E-state index contributed by atoms with van der Waals surface area (Å²) < 4.78 is 0. The number of aromatic nitrogens is 1. The number of aliphatic hydroxyl groups is 1. The van der Waals surface area contributed by atoms with Crippen molar-refractivity contribution in [3.8, 4) is 0 Å². The first-order chi connectivity index (χ1) is 10.2. The zero-order valence-corrected chi connectivity index (χ0v) is 11.7. The first kappa shape index (κ1) is 13.7.